The predicted molar refractivity (Wildman–Crippen MR) is 71.2 cm³/mol. The van der Waals surface area contributed by atoms with Gasteiger partial charge >= 0.3 is 0 Å². The number of nitrogens with zero attached hydrogens (tertiary/aromatic N) is 2. The Labute approximate surface area is 115 Å². The monoisotopic (exact) mass is 285 g/mol. The zero-order valence-corrected chi connectivity index (χ0v) is 11.1. The van der Waals surface area contributed by atoms with Gasteiger partial charge in [-0.3, -0.25) is 9.48 Å². The van der Waals surface area contributed by atoms with E-state index >= 15 is 0 Å². The molecule has 96 valence electrons. The first-order valence-corrected chi connectivity index (χ1v) is 6.36. The second kappa shape index (κ2) is 5.97. The van der Waals surface area contributed by atoms with E-state index in [0.717, 1.165) is 0 Å². The molecule has 0 spiro atoms. The number of rotatable bonds is 5. The largest absolute Gasteiger partial charge is 0.454 e. The van der Waals surface area contributed by atoms with Crippen LogP contribution in [0.15, 0.2) is 28.9 Å². The van der Waals surface area contributed by atoms with E-state index in [0.29, 0.717) is 29.6 Å². The fourth-order valence-corrected chi connectivity index (χ4v) is 1.69. The third-order valence-electron chi connectivity index (χ3n) is 2.20. The van der Waals surface area contributed by atoms with Gasteiger partial charge in [0.15, 0.2) is 5.76 Å². The van der Waals surface area contributed by atoms with Crippen LogP contribution in [0.4, 0.5) is 0 Å². The lowest BCUT2D eigenvalue weighted by Gasteiger charge is -2.00. The van der Waals surface area contributed by atoms with Crippen LogP contribution in [0, 0.1) is 0 Å². The van der Waals surface area contributed by atoms with Crippen LogP contribution in [0.1, 0.15) is 16.3 Å². The van der Waals surface area contributed by atoms with Crippen molar-refractivity contribution in [2.45, 2.75) is 6.54 Å². The van der Waals surface area contributed by atoms with Crippen molar-refractivity contribution in [2.24, 2.45) is 0 Å². The Morgan fingerprint density at radius 2 is 2.39 bits per heavy atom. The SMILES string of the molecule is O=C(NCCS)c1ccc(Cn2cc(Cl)cn2)o1. The molecular formula is C11H12ClN3O2S. The summed E-state index contributed by atoms with van der Waals surface area (Å²) in [5.74, 6) is 1.27. The number of hydrogen-bond donors (Lipinski definition) is 2. The molecular weight excluding hydrogens is 274 g/mol. The Bertz CT molecular complexity index is 538. The number of aromatic nitrogens is 2. The molecule has 0 fully saturated rings. The van der Waals surface area contributed by atoms with E-state index in [1.54, 1.807) is 29.2 Å². The standard InChI is InChI=1S/C11H12ClN3O2S/c12-8-5-14-15(6-8)7-9-1-2-10(17-9)11(16)13-3-4-18/h1-2,5-6,18H,3-4,7H2,(H,13,16). The summed E-state index contributed by atoms with van der Waals surface area (Å²) >= 11 is 9.77. The fourth-order valence-electron chi connectivity index (χ4n) is 1.43. The maximum atomic E-state index is 11.6. The molecule has 18 heavy (non-hydrogen) atoms. The number of carbonyl (C=O) groups excluding carboxylic acids is 1. The van der Waals surface area contributed by atoms with E-state index in [2.05, 4.69) is 23.0 Å². The number of carbonyl (C=O) groups is 1. The van der Waals surface area contributed by atoms with Crippen LogP contribution in [0.2, 0.25) is 5.02 Å². The van der Waals surface area contributed by atoms with Crippen LogP contribution in [0.25, 0.3) is 0 Å². The number of thiol groups is 1. The van der Waals surface area contributed by atoms with Gasteiger partial charge in [-0.05, 0) is 12.1 Å². The molecule has 5 nitrogen and oxygen atoms in total. The maximum absolute atomic E-state index is 11.6. The molecule has 7 heteroatoms. The molecule has 0 aliphatic rings. The summed E-state index contributed by atoms with van der Waals surface area (Å²) in [6, 6.07) is 3.37. The smallest absolute Gasteiger partial charge is 0.287 e. The first kappa shape index (κ1) is 13.0. The van der Waals surface area contributed by atoms with Crippen LogP contribution in [0.3, 0.4) is 0 Å². The molecule has 0 bridgehead atoms. The van der Waals surface area contributed by atoms with E-state index in [4.69, 9.17) is 16.0 Å². The second-order valence-electron chi connectivity index (χ2n) is 3.60. The van der Waals surface area contributed by atoms with E-state index in [1.807, 2.05) is 0 Å². The average Bonchev–Trinajstić information content (AvgIpc) is 2.96. The van der Waals surface area contributed by atoms with Crippen LogP contribution < -0.4 is 5.32 Å². The van der Waals surface area contributed by atoms with Gasteiger partial charge in [0.2, 0.25) is 0 Å². The minimum atomic E-state index is -0.242. The first-order chi connectivity index (χ1) is 8.69. The molecule has 0 aliphatic carbocycles. The van der Waals surface area contributed by atoms with Crippen molar-refractivity contribution >= 4 is 30.1 Å². The molecule has 0 atom stereocenters. The normalized spacial score (nSPS) is 10.6. The van der Waals surface area contributed by atoms with Gasteiger partial charge in [-0.2, -0.15) is 17.7 Å². The van der Waals surface area contributed by atoms with Crippen molar-refractivity contribution in [1.82, 2.24) is 15.1 Å². The number of nitrogens with one attached hydrogen (secondary N) is 1. The van der Waals surface area contributed by atoms with Gasteiger partial charge in [-0.15, -0.1) is 0 Å². The van der Waals surface area contributed by atoms with Crippen molar-refractivity contribution in [3.63, 3.8) is 0 Å². The molecule has 2 aromatic heterocycles. The highest BCUT2D eigenvalue weighted by molar-refractivity contribution is 7.80. The summed E-state index contributed by atoms with van der Waals surface area (Å²) in [6.07, 6.45) is 3.23. The van der Waals surface area contributed by atoms with Crippen LogP contribution in [0.5, 0.6) is 0 Å². The quantitative estimate of drug-likeness (QED) is 0.824. The van der Waals surface area contributed by atoms with Gasteiger partial charge in [-0.25, -0.2) is 0 Å². The van der Waals surface area contributed by atoms with Crippen molar-refractivity contribution < 1.29 is 9.21 Å². The summed E-state index contributed by atoms with van der Waals surface area (Å²) in [5, 5.41) is 7.27. The lowest BCUT2D eigenvalue weighted by molar-refractivity contribution is 0.0926. The summed E-state index contributed by atoms with van der Waals surface area (Å²) in [5.41, 5.74) is 0. The molecule has 1 amide bonds. The molecule has 0 aliphatic heterocycles. The number of furan rings is 1. The molecule has 0 saturated carbocycles. The van der Waals surface area contributed by atoms with Crippen molar-refractivity contribution in [2.75, 3.05) is 12.3 Å². The van der Waals surface area contributed by atoms with Gasteiger partial charge in [0.1, 0.15) is 5.76 Å². The molecule has 1 N–H and O–H groups in total. The van der Waals surface area contributed by atoms with Crippen LogP contribution >= 0.6 is 24.2 Å². The Morgan fingerprint density at radius 3 is 3.06 bits per heavy atom. The second-order valence-corrected chi connectivity index (χ2v) is 4.49. The van der Waals surface area contributed by atoms with Crippen molar-refractivity contribution in [1.29, 1.82) is 0 Å². The van der Waals surface area contributed by atoms with Crippen LogP contribution in [-0.4, -0.2) is 28.0 Å². The molecule has 0 aromatic carbocycles. The molecule has 2 rings (SSSR count). The highest BCUT2D eigenvalue weighted by Crippen LogP contribution is 2.11. The lowest BCUT2D eigenvalue weighted by Crippen LogP contribution is -2.24. The highest BCUT2D eigenvalue weighted by Gasteiger charge is 2.10. The van der Waals surface area contributed by atoms with Gasteiger partial charge in [0.25, 0.3) is 5.91 Å². The first-order valence-electron chi connectivity index (χ1n) is 5.35. The third-order valence-corrected chi connectivity index (χ3v) is 2.62. The maximum Gasteiger partial charge on any atom is 0.287 e. The Kier molecular flexibility index (Phi) is 4.33. The lowest BCUT2D eigenvalue weighted by atomic mass is 10.4. The summed E-state index contributed by atoms with van der Waals surface area (Å²) in [4.78, 5) is 11.6. The topological polar surface area (TPSA) is 60.1 Å². The minimum absolute atomic E-state index is 0.242. The van der Waals surface area contributed by atoms with Gasteiger partial charge in [0, 0.05) is 18.5 Å². The molecule has 2 aromatic rings. The predicted octanol–water partition coefficient (Wildman–Crippen LogP) is 1.84. The van der Waals surface area contributed by atoms with Crippen LogP contribution in [-0.2, 0) is 6.54 Å². The van der Waals surface area contributed by atoms with E-state index in [1.165, 1.54) is 0 Å². The van der Waals surface area contributed by atoms with E-state index in [-0.39, 0.29) is 11.7 Å². The Balaban J connectivity index is 1.99. The highest BCUT2D eigenvalue weighted by atomic mass is 35.5. The number of halogens is 1. The molecule has 0 unspecified atom stereocenters. The van der Waals surface area contributed by atoms with Gasteiger partial charge in [-0.1, -0.05) is 11.6 Å². The van der Waals surface area contributed by atoms with E-state index in [9.17, 15) is 4.79 Å². The minimum Gasteiger partial charge on any atom is -0.454 e. The number of hydrogen-bond acceptors (Lipinski definition) is 4. The van der Waals surface area contributed by atoms with Crippen molar-refractivity contribution in [3.8, 4) is 0 Å². The van der Waals surface area contributed by atoms with Gasteiger partial charge < -0.3 is 9.73 Å². The Hall–Kier alpha value is -1.40. The third kappa shape index (κ3) is 3.30. The molecule has 0 saturated heterocycles. The van der Waals surface area contributed by atoms with Crippen molar-refractivity contribution in [3.05, 3.63) is 41.1 Å². The average molecular weight is 286 g/mol. The molecule has 0 radical (unpaired) electrons. The van der Waals surface area contributed by atoms with Gasteiger partial charge in [0.05, 0.1) is 17.8 Å². The van der Waals surface area contributed by atoms with E-state index < -0.39 is 0 Å². The fraction of sp³-hybridized carbons (Fsp3) is 0.273. The molecule has 2 heterocycles. The zero-order chi connectivity index (χ0) is 13.0. The Morgan fingerprint density at radius 1 is 1.56 bits per heavy atom. The number of amides is 1. The summed E-state index contributed by atoms with van der Waals surface area (Å²) < 4.78 is 7.05. The summed E-state index contributed by atoms with van der Waals surface area (Å²) in [6.45, 7) is 0.944. The summed E-state index contributed by atoms with van der Waals surface area (Å²) in [7, 11) is 0. The zero-order valence-electron chi connectivity index (χ0n) is 9.47.